The molecule has 0 spiro atoms. The minimum atomic E-state index is -2.78. The average Bonchev–Trinajstić information content (AvgIpc) is 1.60. The second-order valence-corrected chi connectivity index (χ2v) is 27.5. The molecule has 0 saturated carbocycles. The molecule has 0 N–H and O–H groups in total. The Morgan fingerprint density at radius 3 is 1.17 bits per heavy atom. The van der Waals surface area contributed by atoms with E-state index in [0.29, 0.717) is 0 Å². The molecule has 0 unspecified atom stereocenters. The topological polar surface area (TPSA) is 3.24 Å². The third-order valence-corrected chi connectivity index (χ3v) is 24.4. The van der Waals surface area contributed by atoms with E-state index in [2.05, 4.69) is 363 Å². The molecule has 0 saturated heterocycles. The van der Waals surface area contributed by atoms with E-state index < -0.39 is 18.9 Å². The highest BCUT2D eigenvalue weighted by atomic mass is 28.3. The van der Waals surface area contributed by atoms with E-state index in [1.54, 1.807) is 0 Å². The molecule has 14 aromatic carbocycles. The van der Waals surface area contributed by atoms with E-state index in [-0.39, 0.29) is 0 Å². The Hall–Kier alpha value is -10.9. The van der Waals surface area contributed by atoms with Crippen molar-refractivity contribution >= 4 is 45.9 Å². The zero-order valence-corrected chi connectivity index (χ0v) is 49.5. The summed E-state index contributed by atoms with van der Waals surface area (Å²) >= 11 is 0. The predicted octanol–water partition coefficient (Wildman–Crippen LogP) is 18.6. The van der Waals surface area contributed by atoms with Crippen molar-refractivity contribution in [2.45, 2.75) is 10.8 Å². The number of nitrogens with zero attached hydrogens (tertiary/aromatic N) is 1. The van der Waals surface area contributed by atoms with E-state index in [0.717, 1.165) is 33.8 Å². The number of hydrogen-bond acceptors (Lipinski definition) is 1. The van der Waals surface area contributed by atoms with E-state index in [1.807, 2.05) is 0 Å². The first-order valence-corrected chi connectivity index (χ1v) is 32.7. The SMILES string of the molecule is c1ccc(-c2cc(-c3cccc([Si]4(c5ccccc5)c5ccccc5-c5ccccc54)c3)ccc2N(c2cccc(C3(c4ccccc4)c4ccccc4-c4ccccc43)c2)c2ccc3c(c2)C(c2ccccc2)(c2ccccc2)c2ccccc2-3)cc1. The molecular formula is C86H59NSi. The molecule has 17 rings (SSSR count). The molecule has 0 bridgehead atoms. The monoisotopic (exact) mass is 1130 g/mol. The molecule has 412 valence electrons. The van der Waals surface area contributed by atoms with Gasteiger partial charge in [-0.1, -0.05) is 322 Å². The van der Waals surface area contributed by atoms with Crippen LogP contribution in [0.3, 0.4) is 0 Å². The highest BCUT2D eigenvalue weighted by Crippen LogP contribution is 2.59. The van der Waals surface area contributed by atoms with Crippen molar-refractivity contribution in [2.75, 3.05) is 4.90 Å². The van der Waals surface area contributed by atoms with Gasteiger partial charge in [-0.15, -0.1) is 0 Å². The fraction of sp³-hybridized carbons (Fsp3) is 0.0233. The number of rotatable bonds is 11. The van der Waals surface area contributed by atoms with Crippen LogP contribution in [0.4, 0.5) is 17.1 Å². The van der Waals surface area contributed by atoms with Crippen molar-refractivity contribution in [1.82, 2.24) is 0 Å². The van der Waals surface area contributed by atoms with Gasteiger partial charge in [0.15, 0.2) is 8.07 Å². The standard InChI is InChI=1S/C86H59NSi/c1-6-28-60(29-7-1)77-57-62(61-30-26-41-70(56-61)88(69-39-14-5-15-40-69)83-50-24-19-45-75(83)76-46-20-25-51-84(76)88)52-55-82(77)87(67-38-27-37-66(58-67)86(65-35-12-4-13-36-65)79-48-22-16-42-71(79)72-43-17-23-49-80(72)86)68-53-54-74-73-44-18-21-47-78(73)85(81(74)59-68,63-31-8-2-9-32-63)64-33-10-3-11-34-64/h1-59H. The fourth-order valence-electron chi connectivity index (χ4n) is 16.0. The molecule has 0 aromatic heterocycles. The number of benzene rings is 14. The predicted molar refractivity (Wildman–Crippen MR) is 369 cm³/mol. The highest BCUT2D eigenvalue weighted by Gasteiger charge is 2.50. The molecule has 14 aromatic rings. The van der Waals surface area contributed by atoms with Crippen molar-refractivity contribution in [1.29, 1.82) is 0 Å². The first kappa shape index (κ1) is 51.5. The third kappa shape index (κ3) is 7.52. The Labute approximate surface area is 516 Å². The Balaban J connectivity index is 0.924. The van der Waals surface area contributed by atoms with Gasteiger partial charge in [0.05, 0.1) is 16.5 Å². The zero-order valence-electron chi connectivity index (χ0n) is 48.5. The Kier molecular flexibility index (Phi) is 12.1. The lowest BCUT2D eigenvalue weighted by molar-refractivity contribution is 0.767. The molecule has 1 heterocycles. The number of fused-ring (bicyclic) bond motifs is 9. The summed E-state index contributed by atoms with van der Waals surface area (Å²) in [7, 11) is -2.78. The normalized spacial score (nSPS) is 14.0. The van der Waals surface area contributed by atoms with Gasteiger partial charge in [0.2, 0.25) is 0 Å². The van der Waals surface area contributed by atoms with Crippen molar-refractivity contribution in [3.8, 4) is 55.6 Å². The van der Waals surface area contributed by atoms with Gasteiger partial charge in [0.1, 0.15) is 0 Å². The van der Waals surface area contributed by atoms with Gasteiger partial charge in [-0.2, -0.15) is 0 Å². The van der Waals surface area contributed by atoms with Crippen LogP contribution in [0.1, 0.15) is 44.5 Å². The van der Waals surface area contributed by atoms with Gasteiger partial charge in [-0.25, -0.2) is 0 Å². The summed E-state index contributed by atoms with van der Waals surface area (Å²) in [5, 5.41) is 5.65. The van der Waals surface area contributed by atoms with E-state index >= 15 is 0 Å². The van der Waals surface area contributed by atoms with E-state index in [4.69, 9.17) is 0 Å². The summed E-state index contributed by atoms with van der Waals surface area (Å²) in [6, 6.07) is 135. The van der Waals surface area contributed by atoms with Gasteiger partial charge in [0, 0.05) is 16.9 Å². The van der Waals surface area contributed by atoms with Crippen LogP contribution in [0.25, 0.3) is 55.6 Å². The maximum Gasteiger partial charge on any atom is 0.180 e. The van der Waals surface area contributed by atoms with Crippen LogP contribution in [-0.4, -0.2) is 8.07 Å². The molecule has 3 aliphatic rings. The van der Waals surface area contributed by atoms with E-state index in [9.17, 15) is 0 Å². The van der Waals surface area contributed by atoms with Gasteiger partial charge in [-0.3, -0.25) is 0 Å². The highest BCUT2D eigenvalue weighted by molar-refractivity contribution is 7.22. The number of anilines is 3. The average molecular weight is 1130 g/mol. The summed E-state index contributed by atoms with van der Waals surface area (Å²) in [4.78, 5) is 2.56. The lowest BCUT2D eigenvalue weighted by Gasteiger charge is -2.36. The summed E-state index contributed by atoms with van der Waals surface area (Å²) in [6.45, 7) is 0. The molecule has 1 nitrogen and oxygen atoms in total. The Bertz CT molecular complexity index is 4850. The first-order valence-electron chi connectivity index (χ1n) is 30.7. The molecule has 0 radical (unpaired) electrons. The molecule has 0 fully saturated rings. The summed E-state index contributed by atoms with van der Waals surface area (Å²) in [5.41, 5.74) is 24.4. The maximum absolute atomic E-state index is 2.78. The van der Waals surface area contributed by atoms with Crippen LogP contribution in [0.15, 0.2) is 358 Å². The summed E-state index contributed by atoms with van der Waals surface area (Å²) < 4.78 is 0. The zero-order chi connectivity index (χ0) is 58.2. The molecule has 0 atom stereocenters. The van der Waals surface area contributed by atoms with Gasteiger partial charge >= 0.3 is 0 Å². The minimum Gasteiger partial charge on any atom is -0.310 e. The fourth-order valence-corrected chi connectivity index (χ4v) is 21.2. The quantitative estimate of drug-likeness (QED) is 0.117. The van der Waals surface area contributed by atoms with Gasteiger partial charge in [0.25, 0.3) is 0 Å². The van der Waals surface area contributed by atoms with Crippen molar-refractivity contribution in [2.24, 2.45) is 0 Å². The van der Waals surface area contributed by atoms with Crippen LogP contribution in [0, 0.1) is 0 Å². The summed E-state index contributed by atoms with van der Waals surface area (Å²) in [6.07, 6.45) is 0. The largest absolute Gasteiger partial charge is 0.310 e. The van der Waals surface area contributed by atoms with Crippen LogP contribution in [0.2, 0.25) is 0 Å². The Morgan fingerprint density at radius 2 is 0.614 bits per heavy atom. The molecular weight excluding hydrogens is 1080 g/mol. The van der Waals surface area contributed by atoms with Crippen LogP contribution < -0.4 is 25.6 Å². The molecule has 0 amide bonds. The van der Waals surface area contributed by atoms with Crippen molar-refractivity contribution in [3.05, 3.63) is 402 Å². The maximum atomic E-state index is 2.56. The lowest BCUT2D eigenvalue weighted by Crippen LogP contribution is -2.72. The van der Waals surface area contributed by atoms with E-state index in [1.165, 1.54) is 104 Å². The Morgan fingerprint density at radius 1 is 0.216 bits per heavy atom. The van der Waals surface area contributed by atoms with Gasteiger partial charge < -0.3 is 4.90 Å². The third-order valence-electron chi connectivity index (χ3n) is 19.5. The molecule has 2 aliphatic carbocycles. The molecule has 2 heteroatoms. The second kappa shape index (κ2) is 20.7. The molecule has 88 heavy (non-hydrogen) atoms. The summed E-state index contributed by atoms with van der Waals surface area (Å²) in [5.74, 6) is 0. The van der Waals surface area contributed by atoms with Crippen LogP contribution in [0.5, 0.6) is 0 Å². The van der Waals surface area contributed by atoms with Crippen molar-refractivity contribution < 1.29 is 0 Å². The second-order valence-electron chi connectivity index (χ2n) is 23.7. The lowest BCUT2D eigenvalue weighted by atomic mass is 9.67. The number of hydrogen-bond donors (Lipinski definition) is 0. The molecule has 1 aliphatic heterocycles. The van der Waals surface area contributed by atoms with Crippen molar-refractivity contribution in [3.63, 3.8) is 0 Å². The van der Waals surface area contributed by atoms with Gasteiger partial charge in [-0.05, 0) is 152 Å². The minimum absolute atomic E-state index is 0.607. The van der Waals surface area contributed by atoms with Crippen LogP contribution in [-0.2, 0) is 10.8 Å². The van der Waals surface area contributed by atoms with Crippen LogP contribution >= 0.6 is 0 Å². The first-order chi connectivity index (χ1) is 43.7. The smallest absolute Gasteiger partial charge is 0.180 e.